The maximum Gasteiger partial charge on any atom is 0.420 e. The first-order chi connectivity index (χ1) is 15.6. The number of hydrogen-bond donors (Lipinski definition) is 1. The molecule has 3 rings (SSSR count). The van der Waals surface area contributed by atoms with E-state index in [1.54, 1.807) is 13.1 Å². The third-order valence-corrected chi connectivity index (χ3v) is 4.63. The summed E-state index contributed by atoms with van der Waals surface area (Å²) in [7, 11) is 1.17. The number of hydrogen-bond acceptors (Lipinski definition) is 7. The molecule has 0 aliphatic rings. The molecule has 0 atom stereocenters. The van der Waals surface area contributed by atoms with E-state index in [-0.39, 0.29) is 34.2 Å². The number of halogens is 3. The zero-order chi connectivity index (χ0) is 24.2. The van der Waals surface area contributed by atoms with Crippen molar-refractivity contribution in [1.82, 2.24) is 24.9 Å². The van der Waals surface area contributed by atoms with Gasteiger partial charge in [-0.2, -0.15) is 13.2 Å². The molecule has 1 N–H and O–H groups in total. The van der Waals surface area contributed by atoms with E-state index in [4.69, 9.17) is 9.47 Å². The lowest BCUT2D eigenvalue weighted by atomic mass is 10.1. The number of methoxy groups -OCH3 is 1. The molecule has 2 aromatic heterocycles. The molecule has 0 radical (unpaired) electrons. The van der Waals surface area contributed by atoms with Crippen molar-refractivity contribution in [3.63, 3.8) is 0 Å². The van der Waals surface area contributed by atoms with Crippen LogP contribution in [0.25, 0.3) is 16.7 Å². The van der Waals surface area contributed by atoms with Crippen LogP contribution in [0.2, 0.25) is 0 Å². The Morgan fingerprint density at radius 1 is 1.30 bits per heavy atom. The van der Waals surface area contributed by atoms with Gasteiger partial charge in [0, 0.05) is 18.8 Å². The van der Waals surface area contributed by atoms with Gasteiger partial charge in [0.15, 0.2) is 5.82 Å². The van der Waals surface area contributed by atoms with E-state index >= 15 is 0 Å². The first kappa shape index (κ1) is 24.2. The monoisotopic (exact) mass is 466 g/mol. The third-order valence-electron chi connectivity index (χ3n) is 4.63. The quantitative estimate of drug-likeness (QED) is 0.388. The number of unbranched alkanes of at least 4 members (excludes halogenated alkanes) is 1. The minimum Gasteiger partial charge on any atom is -0.496 e. The van der Waals surface area contributed by atoms with E-state index in [1.807, 2.05) is 13.8 Å². The Kier molecular flexibility index (Phi) is 7.34. The van der Waals surface area contributed by atoms with E-state index in [2.05, 4.69) is 25.5 Å². The van der Waals surface area contributed by atoms with Gasteiger partial charge < -0.3 is 14.8 Å². The second-order valence-electron chi connectivity index (χ2n) is 7.75. The van der Waals surface area contributed by atoms with Crippen molar-refractivity contribution in [3.05, 3.63) is 23.5 Å². The number of nitrogens with zero attached hydrogens (tertiary/aromatic N) is 5. The van der Waals surface area contributed by atoms with Crippen molar-refractivity contribution in [2.24, 2.45) is 10.9 Å². The SMILES string of the molecule is COc1cc2nc(N=CCCCNC(=O)OCC(C)C)c3nnc(C)n3c2cc1C(F)(F)F. The Balaban J connectivity index is 1.80. The lowest BCUT2D eigenvalue weighted by Crippen LogP contribution is -2.26. The topological polar surface area (TPSA) is 103 Å². The molecule has 178 valence electrons. The number of ether oxygens (including phenoxy) is 2. The van der Waals surface area contributed by atoms with Gasteiger partial charge in [0.25, 0.3) is 0 Å². The summed E-state index contributed by atoms with van der Waals surface area (Å²) in [5.41, 5.74) is -0.213. The minimum absolute atomic E-state index is 0.198. The average molecular weight is 466 g/mol. The van der Waals surface area contributed by atoms with Gasteiger partial charge >= 0.3 is 12.3 Å². The van der Waals surface area contributed by atoms with Crippen molar-refractivity contribution in [1.29, 1.82) is 0 Å². The number of alkyl carbamates (subject to hydrolysis) is 1. The van der Waals surface area contributed by atoms with Gasteiger partial charge in [0.2, 0.25) is 5.65 Å². The van der Waals surface area contributed by atoms with E-state index < -0.39 is 17.8 Å². The molecule has 0 saturated carbocycles. The van der Waals surface area contributed by atoms with Crippen LogP contribution in [0.3, 0.4) is 0 Å². The Morgan fingerprint density at radius 3 is 2.73 bits per heavy atom. The number of amides is 1. The summed E-state index contributed by atoms with van der Waals surface area (Å²) in [6.07, 6.45) is -2.32. The van der Waals surface area contributed by atoms with Crippen molar-refractivity contribution < 1.29 is 27.4 Å². The van der Waals surface area contributed by atoms with Crippen LogP contribution < -0.4 is 10.1 Å². The fourth-order valence-corrected chi connectivity index (χ4v) is 3.09. The smallest absolute Gasteiger partial charge is 0.420 e. The fourth-order valence-electron chi connectivity index (χ4n) is 3.09. The number of carbonyl (C=O) groups excluding carboxylic acids is 1. The minimum atomic E-state index is -4.60. The lowest BCUT2D eigenvalue weighted by molar-refractivity contribution is -0.138. The van der Waals surface area contributed by atoms with Crippen LogP contribution in [0.15, 0.2) is 17.1 Å². The summed E-state index contributed by atoms with van der Waals surface area (Å²) >= 11 is 0. The highest BCUT2D eigenvalue weighted by molar-refractivity contribution is 5.85. The summed E-state index contributed by atoms with van der Waals surface area (Å²) in [6, 6.07) is 2.20. The number of alkyl halides is 3. The molecule has 0 aliphatic carbocycles. The van der Waals surface area contributed by atoms with Crippen LogP contribution in [0, 0.1) is 12.8 Å². The number of benzene rings is 1. The number of rotatable bonds is 8. The Hall–Kier alpha value is -3.44. The van der Waals surface area contributed by atoms with E-state index in [0.717, 1.165) is 6.07 Å². The molecule has 0 fully saturated rings. The van der Waals surface area contributed by atoms with Gasteiger partial charge in [-0.3, -0.25) is 4.40 Å². The van der Waals surface area contributed by atoms with Crippen LogP contribution in [0.1, 0.15) is 38.1 Å². The molecule has 33 heavy (non-hydrogen) atoms. The van der Waals surface area contributed by atoms with Crippen LogP contribution in [0.4, 0.5) is 23.8 Å². The summed E-state index contributed by atoms with van der Waals surface area (Å²) < 4.78 is 51.8. The van der Waals surface area contributed by atoms with E-state index in [1.165, 1.54) is 17.6 Å². The normalized spacial score (nSPS) is 12.2. The molecule has 0 aliphatic heterocycles. The number of aryl methyl sites for hydroxylation is 1. The Morgan fingerprint density at radius 2 is 2.06 bits per heavy atom. The lowest BCUT2D eigenvalue weighted by Gasteiger charge is -2.14. The largest absolute Gasteiger partial charge is 0.496 e. The molecule has 0 spiro atoms. The van der Waals surface area contributed by atoms with Crippen LogP contribution in [-0.4, -0.2) is 52.2 Å². The van der Waals surface area contributed by atoms with E-state index in [9.17, 15) is 18.0 Å². The van der Waals surface area contributed by atoms with Gasteiger partial charge in [-0.15, -0.1) is 10.2 Å². The number of carbonyl (C=O) groups is 1. The number of nitrogens with one attached hydrogen (secondary N) is 1. The molecule has 2 heterocycles. The van der Waals surface area contributed by atoms with Crippen LogP contribution >= 0.6 is 0 Å². The summed E-state index contributed by atoms with van der Waals surface area (Å²) in [5.74, 6) is 0.540. The number of fused-ring (bicyclic) bond motifs is 3. The highest BCUT2D eigenvalue weighted by atomic mass is 19.4. The summed E-state index contributed by atoms with van der Waals surface area (Å²) in [5, 5.41) is 10.7. The number of aliphatic imine (C=N–C) groups is 1. The van der Waals surface area contributed by atoms with Crippen molar-refractivity contribution in [2.45, 2.75) is 39.8 Å². The van der Waals surface area contributed by atoms with Crippen molar-refractivity contribution in [2.75, 3.05) is 20.3 Å². The van der Waals surface area contributed by atoms with Gasteiger partial charge in [0.05, 0.1) is 30.3 Å². The maximum atomic E-state index is 13.5. The molecule has 0 unspecified atom stereocenters. The standard InChI is InChI=1S/C21H25F3N6O3/c1-12(2)11-33-20(31)26-8-6-5-7-25-18-19-29-28-13(3)30(19)16-9-14(21(22,23)24)17(32-4)10-15(16)27-18/h7,9-10,12H,5-6,8,11H2,1-4H3,(H,26,31). The molecular formula is C21H25F3N6O3. The fraction of sp³-hybridized carbons (Fsp3) is 0.476. The highest BCUT2D eigenvalue weighted by Crippen LogP contribution is 2.39. The van der Waals surface area contributed by atoms with Crippen LogP contribution in [-0.2, 0) is 10.9 Å². The highest BCUT2D eigenvalue weighted by Gasteiger charge is 2.35. The van der Waals surface area contributed by atoms with Crippen molar-refractivity contribution in [3.8, 4) is 5.75 Å². The molecule has 0 bridgehead atoms. The van der Waals surface area contributed by atoms with Gasteiger partial charge in [0.1, 0.15) is 11.6 Å². The average Bonchev–Trinajstić information content (AvgIpc) is 3.15. The second kappa shape index (κ2) is 10.0. The second-order valence-corrected chi connectivity index (χ2v) is 7.75. The maximum absolute atomic E-state index is 13.5. The predicted octanol–water partition coefficient (Wildman–Crippen LogP) is 4.48. The molecule has 1 aromatic carbocycles. The van der Waals surface area contributed by atoms with Gasteiger partial charge in [-0.1, -0.05) is 13.8 Å². The Bertz CT molecular complexity index is 1170. The first-order valence-corrected chi connectivity index (χ1v) is 10.4. The van der Waals surface area contributed by atoms with E-state index in [0.29, 0.717) is 31.8 Å². The van der Waals surface area contributed by atoms with Crippen molar-refractivity contribution >= 4 is 34.8 Å². The zero-order valence-corrected chi connectivity index (χ0v) is 18.7. The third kappa shape index (κ3) is 5.68. The molecule has 3 aromatic rings. The zero-order valence-electron chi connectivity index (χ0n) is 18.7. The molecule has 0 saturated heterocycles. The number of aromatic nitrogens is 4. The first-order valence-electron chi connectivity index (χ1n) is 10.4. The van der Waals surface area contributed by atoms with Gasteiger partial charge in [-0.05, 0) is 31.7 Å². The van der Waals surface area contributed by atoms with Gasteiger partial charge in [-0.25, -0.2) is 14.8 Å². The Labute approximate surface area is 188 Å². The predicted molar refractivity (Wildman–Crippen MR) is 116 cm³/mol. The molecular weight excluding hydrogens is 441 g/mol. The summed E-state index contributed by atoms with van der Waals surface area (Å²) in [6.45, 7) is 6.29. The summed E-state index contributed by atoms with van der Waals surface area (Å²) in [4.78, 5) is 20.2. The molecule has 12 heteroatoms. The molecule has 9 nitrogen and oxygen atoms in total. The van der Waals surface area contributed by atoms with Crippen LogP contribution in [0.5, 0.6) is 5.75 Å². The molecule has 1 amide bonds.